The van der Waals surface area contributed by atoms with Crippen LogP contribution in [0.15, 0.2) is 28.9 Å². The largest absolute Gasteiger partial charge is 0.450 e. The van der Waals surface area contributed by atoms with Gasteiger partial charge in [-0.25, -0.2) is 19.2 Å². The molecule has 0 spiro atoms. The van der Waals surface area contributed by atoms with Gasteiger partial charge in [-0.1, -0.05) is 11.6 Å². The number of alkyl halides is 1. The van der Waals surface area contributed by atoms with E-state index in [1.54, 1.807) is 30.1 Å². The summed E-state index contributed by atoms with van der Waals surface area (Å²) < 4.78 is 26.0. The van der Waals surface area contributed by atoms with Gasteiger partial charge < -0.3 is 19.0 Å². The van der Waals surface area contributed by atoms with Crippen molar-refractivity contribution in [1.29, 1.82) is 0 Å². The predicted octanol–water partition coefficient (Wildman–Crippen LogP) is 4.42. The highest BCUT2D eigenvalue weighted by Crippen LogP contribution is 2.35. The summed E-state index contributed by atoms with van der Waals surface area (Å²) in [5, 5.41) is 1.34. The lowest BCUT2D eigenvalue weighted by Crippen LogP contribution is -2.45. The summed E-state index contributed by atoms with van der Waals surface area (Å²) in [7, 11) is 1.63. The van der Waals surface area contributed by atoms with E-state index in [2.05, 4.69) is 9.97 Å². The van der Waals surface area contributed by atoms with Crippen molar-refractivity contribution in [3.8, 4) is 0 Å². The summed E-state index contributed by atoms with van der Waals surface area (Å²) in [4.78, 5) is 24.1. The Labute approximate surface area is 172 Å². The van der Waals surface area contributed by atoms with E-state index in [0.717, 1.165) is 5.39 Å². The zero-order valence-corrected chi connectivity index (χ0v) is 17.4. The first-order chi connectivity index (χ1) is 13.6. The molecule has 29 heavy (non-hydrogen) atoms. The SMILES string of the molecule is CN(C(=O)OC1CN(c2ncnc3c2oc2ccc(Cl)cc23)CC1F)C(C)(C)C. The molecule has 0 radical (unpaired) electrons. The molecule has 7 nitrogen and oxygen atoms in total. The number of carbonyl (C=O) groups excluding carboxylic acids is 1. The highest BCUT2D eigenvalue weighted by Gasteiger charge is 2.39. The lowest BCUT2D eigenvalue weighted by Gasteiger charge is -2.32. The minimum atomic E-state index is -1.34. The maximum absolute atomic E-state index is 14.7. The first-order valence-electron chi connectivity index (χ1n) is 9.31. The van der Waals surface area contributed by atoms with Crippen LogP contribution in [0.5, 0.6) is 0 Å². The van der Waals surface area contributed by atoms with Crippen molar-refractivity contribution in [2.45, 2.75) is 38.6 Å². The minimum absolute atomic E-state index is 0.0428. The van der Waals surface area contributed by atoms with Crippen LogP contribution in [-0.2, 0) is 4.74 Å². The van der Waals surface area contributed by atoms with Gasteiger partial charge in [-0.2, -0.15) is 0 Å². The fourth-order valence-electron chi connectivity index (χ4n) is 3.26. The molecule has 2 atom stereocenters. The number of aromatic nitrogens is 2. The monoisotopic (exact) mass is 420 g/mol. The molecule has 1 aromatic carbocycles. The van der Waals surface area contributed by atoms with Crippen molar-refractivity contribution in [2.75, 3.05) is 25.0 Å². The molecule has 3 heterocycles. The molecule has 1 aliphatic heterocycles. The Kier molecular flexibility index (Phi) is 4.77. The number of benzene rings is 1. The maximum atomic E-state index is 14.7. The Morgan fingerprint density at radius 3 is 2.83 bits per heavy atom. The van der Waals surface area contributed by atoms with Crippen LogP contribution in [0.4, 0.5) is 15.0 Å². The van der Waals surface area contributed by atoms with Crippen LogP contribution < -0.4 is 4.90 Å². The van der Waals surface area contributed by atoms with Gasteiger partial charge in [-0.15, -0.1) is 0 Å². The van der Waals surface area contributed by atoms with Crippen molar-refractivity contribution < 1.29 is 18.3 Å². The zero-order chi connectivity index (χ0) is 20.9. The van der Waals surface area contributed by atoms with Gasteiger partial charge in [0, 0.05) is 23.0 Å². The number of rotatable bonds is 2. The van der Waals surface area contributed by atoms with Gasteiger partial charge in [-0.05, 0) is 39.0 Å². The summed E-state index contributed by atoms with van der Waals surface area (Å²) in [6, 6.07) is 5.26. The Balaban J connectivity index is 1.61. The van der Waals surface area contributed by atoms with Crippen molar-refractivity contribution in [3.05, 3.63) is 29.5 Å². The lowest BCUT2D eigenvalue weighted by atomic mass is 10.1. The van der Waals surface area contributed by atoms with Crippen LogP contribution in [0.2, 0.25) is 5.02 Å². The average molecular weight is 421 g/mol. The zero-order valence-electron chi connectivity index (χ0n) is 16.6. The van der Waals surface area contributed by atoms with Crippen LogP contribution in [0.3, 0.4) is 0 Å². The van der Waals surface area contributed by atoms with Crippen LogP contribution in [0.25, 0.3) is 22.1 Å². The number of hydrogen-bond acceptors (Lipinski definition) is 6. The normalized spacial score (nSPS) is 19.9. The Morgan fingerprint density at radius 2 is 2.10 bits per heavy atom. The first kappa shape index (κ1) is 19.7. The molecule has 0 N–H and O–H groups in total. The number of halogens is 2. The number of amides is 1. The second-order valence-corrected chi connectivity index (χ2v) is 8.63. The molecule has 1 saturated heterocycles. The molecule has 0 saturated carbocycles. The van der Waals surface area contributed by atoms with Gasteiger partial charge in [0.25, 0.3) is 0 Å². The molecule has 0 bridgehead atoms. The number of anilines is 1. The van der Waals surface area contributed by atoms with Crippen LogP contribution in [-0.4, -0.2) is 58.9 Å². The maximum Gasteiger partial charge on any atom is 0.410 e. The van der Waals surface area contributed by atoms with E-state index < -0.39 is 23.9 Å². The average Bonchev–Trinajstić information content (AvgIpc) is 3.20. The van der Waals surface area contributed by atoms with Crippen molar-refractivity contribution in [1.82, 2.24) is 14.9 Å². The Bertz CT molecular complexity index is 1080. The Hall–Kier alpha value is -2.61. The van der Waals surface area contributed by atoms with Gasteiger partial charge in [0.2, 0.25) is 0 Å². The number of furan rings is 1. The smallest absolute Gasteiger partial charge is 0.410 e. The molecule has 1 fully saturated rings. The van der Waals surface area contributed by atoms with Gasteiger partial charge >= 0.3 is 6.09 Å². The molecule has 1 amide bonds. The van der Waals surface area contributed by atoms with Crippen LogP contribution >= 0.6 is 11.6 Å². The van der Waals surface area contributed by atoms with Crippen molar-refractivity contribution >= 4 is 45.6 Å². The van der Waals surface area contributed by atoms with Gasteiger partial charge in [-0.3, -0.25) is 0 Å². The summed E-state index contributed by atoms with van der Waals surface area (Å²) in [5.41, 5.74) is 1.26. The van der Waals surface area contributed by atoms with E-state index in [1.807, 2.05) is 20.8 Å². The van der Waals surface area contributed by atoms with Crippen molar-refractivity contribution in [2.24, 2.45) is 0 Å². The standard InChI is InChI=1S/C20H22ClFN4O3/c1-20(2,3)25(4)19(27)29-15-9-26(8-13(15)22)18-17-16(23-10-24-18)12-7-11(21)5-6-14(12)28-17/h5-7,10,13,15H,8-9H2,1-4H3. The van der Waals surface area contributed by atoms with E-state index in [4.69, 9.17) is 20.8 Å². The van der Waals surface area contributed by atoms with E-state index in [9.17, 15) is 9.18 Å². The molecule has 2 unspecified atom stereocenters. The predicted molar refractivity (Wildman–Crippen MR) is 109 cm³/mol. The molecule has 3 aromatic rings. The molecule has 0 aliphatic carbocycles. The number of fused-ring (bicyclic) bond motifs is 3. The van der Waals surface area contributed by atoms with E-state index in [-0.39, 0.29) is 13.1 Å². The van der Waals surface area contributed by atoms with Crippen molar-refractivity contribution in [3.63, 3.8) is 0 Å². The molecule has 1 aliphatic rings. The molecule has 154 valence electrons. The number of nitrogens with zero attached hydrogens (tertiary/aromatic N) is 4. The Morgan fingerprint density at radius 1 is 1.34 bits per heavy atom. The highest BCUT2D eigenvalue weighted by molar-refractivity contribution is 6.31. The van der Waals surface area contributed by atoms with E-state index in [1.165, 1.54) is 11.2 Å². The second kappa shape index (κ2) is 7.02. The number of carbonyl (C=O) groups is 1. The highest BCUT2D eigenvalue weighted by atomic mass is 35.5. The fraction of sp³-hybridized carbons (Fsp3) is 0.450. The molecule has 2 aromatic heterocycles. The quantitative estimate of drug-likeness (QED) is 0.611. The van der Waals surface area contributed by atoms with Gasteiger partial charge in [0.1, 0.15) is 17.4 Å². The summed E-state index contributed by atoms with van der Waals surface area (Å²) in [5.74, 6) is 0.465. The number of ether oxygens (including phenoxy) is 1. The second-order valence-electron chi connectivity index (χ2n) is 8.19. The van der Waals surface area contributed by atoms with E-state index in [0.29, 0.717) is 27.5 Å². The van der Waals surface area contributed by atoms with Gasteiger partial charge in [0.15, 0.2) is 23.7 Å². The third kappa shape index (κ3) is 3.57. The topological polar surface area (TPSA) is 71.7 Å². The van der Waals surface area contributed by atoms with Crippen LogP contribution in [0.1, 0.15) is 20.8 Å². The first-order valence-corrected chi connectivity index (χ1v) is 9.69. The van der Waals surface area contributed by atoms with Crippen LogP contribution in [0, 0.1) is 0 Å². The molecular weight excluding hydrogens is 399 g/mol. The third-order valence-electron chi connectivity index (χ3n) is 5.22. The molecule has 4 rings (SSSR count). The van der Waals surface area contributed by atoms with E-state index >= 15 is 0 Å². The molecule has 9 heteroatoms. The lowest BCUT2D eigenvalue weighted by molar-refractivity contribution is 0.0308. The number of hydrogen-bond donors (Lipinski definition) is 0. The van der Waals surface area contributed by atoms with Gasteiger partial charge in [0.05, 0.1) is 13.1 Å². The summed E-state index contributed by atoms with van der Waals surface area (Å²) in [6.45, 7) is 5.87. The molecular formula is C20H22ClFN4O3. The summed E-state index contributed by atoms with van der Waals surface area (Å²) >= 11 is 6.09. The fourth-order valence-corrected chi connectivity index (χ4v) is 3.43. The minimum Gasteiger partial charge on any atom is -0.450 e. The third-order valence-corrected chi connectivity index (χ3v) is 5.46. The summed E-state index contributed by atoms with van der Waals surface area (Å²) in [6.07, 6.45) is -1.38.